The molecule has 1 unspecified atom stereocenters. The monoisotopic (exact) mass is 226 g/mol. The number of nitrogens with zero attached hydrogens (tertiary/aromatic N) is 2. The Balaban J connectivity index is 1.85. The molecule has 1 aromatic heterocycles. The first-order chi connectivity index (χ1) is 8.33. The lowest BCUT2D eigenvalue weighted by molar-refractivity contribution is 0.425. The Morgan fingerprint density at radius 2 is 2.12 bits per heavy atom. The molecule has 0 bridgehead atoms. The second-order valence-electron chi connectivity index (χ2n) is 4.96. The highest BCUT2D eigenvalue weighted by Crippen LogP contribution is 2.24. The molecule has 17 heavy (non-hydrogen) atoms. The van der Waals surface area contributed by atoms with Crippen LogP contribution < -0.4 is 0 Å². The molecule has 1 aliphatic heterocycles. The van der Waals surface area contributed by atoms with Crippen LogP contribution in [0.25, 0.3) is 0 Å². The summed E-state index contributed by atoms with van der Waals surface area (Å²) >= 11 is 0. The smallest absolute Gasteiger partial charge is 0.109 e. The zero-order valence-electron chi connectivity index (χ0n) is 10.3. The number of hydrogen-bond donors (Lipinski definition) is 0. The van der Waals surface area contributed by atoms with E-state index in [-0.39, 0.29) is 0 Å². The predicted molar refractivity (Wildman–Crippen MR) is 69.1 cm³/mol. The van der Waals surface area contributed by atoms with Crippen molar-refractivity contribution in [2.24, 2.45) is 0 Å². The lowest BCUT2D eigenvalue weighted by atomic mass is 10.1. The van der Waals surface area contributed by atoms with Crippen LogP contribution in [-0.4, -0.2) is 9.55 Å². The van der Waals surface area contributed by atoms with Gasteiger partial charge in [0, 0.05) is 25.1 Å². The van der Waals surface area contributed by atoms with Crippen LogP contribution >= 0.6 is 0 Å². The van der Waals surface area contributed by atoms with E-state index < -0.39 is 0 Å². The van der Waals surface area contributed by atoms with Crippen molar-refractivity contribution in [1.29, 1.82) is 0 Å². The molecular weight excluding hydrogens is 208 g/mol. The third-order valence-corrected chi connectivity index (χ3v) is 3.58. The summed E-state index contributed by atoms with van der Waals surface area (Å²) in [5, 5.41) is 0. The van der Waals surface area contributed by atoms with Crippen molar-refractivity contribution in [1.82, 2.24) is 9.55 Å². The Hall–Kier alpha value is -1.57. The van der Waals surface area contributed by atoms with E-state index in [0.717, 1.165) is 12.8 Å². The van der Waals surface area contributed by atoms with Gasteiger partial charge in [-0.3, -0.25) is 0 Å². The quantitative estimate of drug-likeness (QED) is 0.767. The van der Waals surface area contributed by atoms with Crippen LogP contribution in [0.2, 0.25) is 0 Å². The zero-order chi connectivity index (χ0) is 11.7. The number of hydrogen-bond acceptors (Lipinski definition) is 1. The van der Waals surface area contributed by atoms with Crippen molar-refractivity contribution in [3.8, 4) is 0 Å². The topological polar surface area (TPSA) is 17.8 Å². The van der Waals surface area contributed by atoms with Crippen LogP contribution in [0.3, 0.4) is 0 Å². The maximum absolute atomic E-state index is 4.76. The molecule has 1 atom stereocenters. The van der Waals surface area contributed by atoms with Gasteiger partial charge in [0.25, 0.3) is 0 Å². The molecule has 0 aliphatic carbocycles. The largest absolute Gasteiger partial charge is 0.332 e. The summed E-state index contributed by atoms with van der Waals surface area (Å²) in [5.41, 5.74) is 2.55. The number of imidazole rings is 1. The van der Waals surface area contributed by atoms with Gasteiger partial charge in [0.05, 0.1) is 5.69 Å². The molecule has 1 aromatic carbocycles. The van der Waals surface area contributed by atoms with Crippen molar-refractivity contribution >= 4 is 0 Å². The van der Waals surface area contributed by atoms with Gasteiger partial charge in [0.2, 0.25) is 0 Å². The van der Waals surface area contributed by atoms with E-state index in [0.29, 0.717) is 6.04 Å². The van der Waals surface area contributed by atoms with Crippen LogP contribution in [0.4, 0.5) is 0 Å². The van der Waals surface area contributed by atoms with Gasteiger partial charge in [-0.1, -0.05) is 30.3 Å². The van der Waals surface area contributed by atoms with Crippen molar-refractivity contribution in [2.45, 2.75) is 38.6 Å². The Bertz CT molecular complexity index is 499. The molecule has 3 rings (SSSR count). The van der Waals surface area contributed by atoms with Gasteiger partial charge in [-0.15, -0.1) is 0 Å². The van der Waals surface area contributed by atoms with Crippen molar-refractivity contribution < 1.29 is 0 Å². The van der Waals surface area contributed by atoms with E-state index in [1.807, 2.05) is 0 Å². The molecule has 0 amide bonds. The second kappa shape index (κ2) is 4.36. The molecule has 0 fully saturated rings. The summed E-state index contributed by atoms with van der Waals surface area (Å²) < 4.78 is 2.36. The average molecular weight is 226 g/mol. The van der Waals surface area contributed by atoms with Crippen molar-refractivity contribution in [3.05, 3.63) is 53.6 Å². The SMILES string of the molecule is CC1CCCc2nc(Cc3ccccc3)cn21. The fourth-order valence-corrected chi connectivity index (χ4v) is 2.64. The van der Waals surface area contributed by atoms with Gasteiger partial charge in [-0.25, -0.2) is 4.98 Å². The lowest BCUT2D eigenvalue weighted by Crippen LogP contribution is -2.14. The average Bonchev–Trinajstić information content (AvgIpc) is 2.74. The van der Waals surface area contributed by atoms with Crippen LogP contribution in [0, 0.1) is 0 Å². The van der Waals surface area contributed by atoms with Gasteiger partial charge in [-0.2, -0.15) is 0 Å². The number of fused-ring (bicyclic) bond motifs is 1. The second-order valence-corrected chi connectivity index (χ2v) is 4.96. The van der Waals surface area contributed by atoms with E-state index in [9.17, 15) is 0 Å². The molecule has 0 saturated carbocycles. The minimum Gasteiger partial charge on any atom is -0.332 e. The first kappa shape index (κ1) is 10.6. The van der Waals surface area contributed by atoms with Crippen LogP contribution in [0.15, 0.2) is 36.5 Å². The van der Waals surface area contributed by atoms with Crippen molar-refractivity contribution in [3.63, 3.8) is 0 Å². The molecule has 0 saturated heterocycles. The molecular formula is C15H18N2. The first-order valence-electron chi connectivity index (χ1n) is 6.43. The van der Waals surface area contributed by atoms with Gasteiger partial charge < -0.3 is 4.57 Å². The third kappa shape index (κ3) is 2.12. The van der Waals surface area contributed by atoms with Crippen molar-refractivity contribution in [2.75, 3.05) is 0 Å². The van der Waals surface area contributed by atoms with Crippen LogP contribution in [0.5, 0.6) is 0 Å². The third-order valence-electron chi connectivity index (χ3n) is 3.58. The van der Waals surface area contributed by atoms with E-state index in [1.165, 1.54) is 29.9 Å². The van der Waals surface area contributed by atoms with E-state index in [4.69, 9.17) is 4.98 Å². The molecule has 2 heteroatoms. The minimum absolute atomic E-state index is 0.621. The molecule has 0 radical (unpaired) electrons. The van der Waals surface area contributed by atoms with Gasteiger partial charge >= 0.3 is 0 Å². The standard InChI is InChI=1S/C15H18N2/c1-12-6-5-9-15-16-14(11-17(12)15)10-13-7-3-2-4-8-13/h2-4,7-8,11-12H,5-6,9-10H2,1H3. The number of rotatable bonds is 2. The summed E-state index contributed by atoms with van der Waals surface area (Å²) in [6.45, 7) is 2.29. The Kier molecular flexibility index (Phi) is 2.71. The molecule has 0 N–H and O–H groups in total. The number of benzene rings is 1. The maximum atomic E-state index is 4.76. The fraction of sp³-hybridized carbons (Fsp3) is 0.400. The summed E-state index contributed by atoms with van der Waals surface area (Å²) in [7, 11) is 0. The molecule has 88 valence electrons. The number of aryl methyl sites for hydroxylation is 1. The fourth-order valence-electron chi connectivity index (χ4n) is 2.64. The normalized spacial score (nSPS) is 19.0. The van der Waals surface area contributed by atoms with E-state index in [1.54, 1.807) is 0 Å². The highest BCUT2D eigenvalue weighted by Gasteiger charge is 2.17. The van der Waals surface area contributed by atoms with E-state index in [2.05, 4.69) is 48.0 Å². The molecule has 2 nitrogen and oxygen atoms in total. The highest BCUT2D eigenvalue weighted by molar-refractivity contribution is 5.21. The summed E-state index contributed by atoms with van der Waals surface area (Å²) in [4.78, 5) is 4.76. The lowest BCUT2D eigenvalue weighted by Gasteiger charge is -2.20. The molecule has 2 heterocycles. The molecule has 1 aliphatic rings. The Morgan fingerprint density at radius 3 is 2.88 bits per heavy atom. The van der Waals surface area contributed by atoms with Gasteiger partial charge in [-0.05, 0) is 25.3 Å². The maximum Gasteiger partial charge on any atom is 0.109 e. The Morgan fingerprint density at radius 1 is 1.29 bits per heavy atom. The zero-order valence-corrected chi connectivity index (χ0v) is 10.3. The van der Waals surface area contributed by atoms with E-state index >= 15 is 0 Å². The first-order valence-corrected chi connectivity index (χ1v) is 6.43. The minimum atomic E-state index is 0.621. The summed E-state index contributed by atoms with van der Waals surface area (Å²) in [6, 6.07) is 11.2. The van der Waals surface area contributed by atoms with Crippen LogP contribution in [-0.2, 0) is 12.8 Å². The summed E-state index contributed by atoms with van der Waals surface area (Å²) in [6.07, 6.45) is 6.90. The van der Waals surface area contributed by atoms with Gasteiger partial charge in [0.1, 0.15) is 5.82 Å². The molecule has 2 aromatic rings. The number of aromatic nitrogens is 2. The predicted octanol–water partition coefficient (Wildman–Crippen LogP) is 3.37. The summed E-state index contributed by atoms with van der Waals surface area (Å²) in [5.74, 6) is 1.27. The molecule has 0 spiro atoms. The van der Waals surface area contributed by atoms with Gasteiger partial charge in [0.15, 0.2) is 0 Å². The van der Waals surface area contributed by atoms with Crippen LogP contribution in [0.1, 0.15) is 42.9 Å². The highest BCUT2D eigenvalue weighted by atomic mass is 15.1. The Labute approximate surface area is 102 Å².